The number of nitrogens with zero attached hydrogens (tertiary/aromatic N) is 4. The summed E-state index contributed by atoms with van der Waals surface area (Å²) in [5.41, 5.74) is 13.3. The normalized spacial score (nSPS) is 15.8. The summed E-state index contributed by atoms with van der Waals surface area (Å²) in [7, 11) is 1.67. The molecule has 8 heteroatoms. The number of aliphatic imine (C=N–C) groups is 1. The molecule has 1 aliphatic rings. The topological polar surface area (TPSA) is 110 Å². The van der Waals surface area contributed by atoms with E-state index in [-0.39, 0.29) is 30.0 Å². The van der Waals surface area contributed by atoms with Crippen LogP contribution in [0.3, 0.4) is 0 Å². The lowest BCUT2D eigenvalue weighted by atomic mass is 10.3. The quantitative estimate of drug-likeness (QED) is 0.624. The van der Waals surface area contributed by atoms with Crippen LogP contribution >= 0.6 is 11.6 Å². The van der Waals surface area contributed by atoms with Gasteiger partial charge in [-0.2, -0.15) is 4.98 Å². The maximum atomic E-state index is 12.0. The number of allylic oxidation sites excluding steroid dienone is 1. The molecule has 0 radical (unpaired) electrons. The van der Waals surface area contributed by atoms with Crippen LogP contribution in [0, 0.1) is 0 Å². The lowest BCUT2D eigenvalue weighted by molar-refractivity contribution is -0.117. The molecule has 1 aromatic rings. The van der Waals surface area contributed by atoms with Crippen molar-refractivity contribution >= 4 is 35.0 Å². The Bertz CT molecular complexity index is 625. The summed E-state index contributed by atoms with van der Waals surface area (Å²) in [6.45, 7) is 2.04. The van der Waals surface area contributed by atoms with Gasteiger partial charge in [0.05, 0.1) is 13.0 Å². The van der Waals surface area contributed by atoms with Crippen molar-refractivity contribution in [3.63, 3.8) is 0 Å². The summed E-state index contributed by atoms with van der Waals surface area (Å²) < 4.78 is 0. The van der Waals surface area contributed by atoms with E-state index in [2.05, 4.69) is 15.0 Å². The number of carbonyl (C=O) groups excluding carboxylic acids is 1. The monoisotopic (exact) mass is 294 g/mol. The Kier molecular flexibility index (Phi) is 3.89. The summed E-state index contributed by atoms with van der Waals surface area (Å²) >= 11 is 5.97. The van der Waals surface area contributed by atoms with E-state index in [0.29, 0.717) is 17.1 Å². The minimum absolute atomic E-state index is 0.0299. The number of halogens is 1. The number of nitrogens with two attached hydrogens (primary N) is 2. The minimum atomic E-state index is -0.135. The summed E-state index contributed by atoms with van der Waals surface area (Å²) in [4.78, 5) is 25.4. The van der Waals surface area contributed by atoms with Crippen LogP contribution in [-0.4, -0.2) is 35.2 Å². The average Bonchev–Trinajstić information content (AvgIpc) is 2.67. The Hall–Kier alpha value is -2.15. The van der Waals surface area contributed by atoms with Crippen LogP contribution in [0.4, 0.5) is 11.8 Å². The number of rotatable bonds is 3. The van der Waals surface area contributed by atoms with Crippen molar-refractivity contribution in [3.8, 4) is 0 Å². The molecule has 0 bridgehead atoms. The fourth-order valence-electron chi connectivity index (χ4n) is 1.93. The van der Waals surface area contributed by atoms with E-state index in [1.54, 1.807) is 13.1 Å². The molecule has 0 saturated carbocycles. The third kappa shape index (κ3) is 2.72. The van der Waals surface area contributed by atoms with Gasteiger partial charge < -0.3 is 11.5 Å². The van der Waals surface area contributed by atoms with E-state index >= 15 is 0 Å². The zero-order valence-corrected chi connectivity index (χ0v) is 12.0. The first kappa shape index (κ1) is 14.3. The molecular weight excluding hydrogens is 280 g/mol. The molecular formula is C12H15ClN6O. The number of fused-ring (bicyclic) bond motifs is 1. The van der Waals surface area contributed by atoms with Crippen LogP contribution in [0.1, 0.15) is 12.5 Å². The second kappa shape index (κ2) is 5.46. The van der Waals surface area contributed by atoms with Crippen LogP contribution in [0.15, 0.2) is 16.8 Å². The highest BCUT2D eigenvalue weighted by atomic mass is 35.5. The Morgan fingerprint density at radius 3 is 2.90 bits per heavy atom. The van der Waals surface area contributed by atoms with Crippen LogP contribution < -0.4 is 16.4 Å². The molecule has 0 fully saturated rings. The molecule has 0 aliphatic carbocycles. The van der Waals surface area contributed by atoms with Gasteiger partial charge in [-0.1, -0.05) is 11.6 Å². The van der Waals surface area contributed by atoms with Gasteiger partial charge in [-0.3, -0.25) is 14.7 Å². The first-order chi connectivity index (χ1) is 9.42. The number of anilines is 2. The second-order valence-electron chi connectivity index (χ2n) is 4.42. The third-order valence-corrected chi connectivity index (χ3v) is 3.24. The van der Waals surface area contributed by atoms with E-state index in [9.17, 15) is 4.79 Å². The van der Waals surface area contributed by atoms with Gasteiger partial charge >= 0.3 is 0 Å². The summed E-state index contributed by atoms with van der Waals surface area (Å²) in [6, 6.07) is 0. The number of nitrogen functional groups attached to an aromatic ring is 1. The first-order valence-electron chi connectivity index (χ1n) is 5.94. The predicted octanol–water partition coefficient (Wildman–Crippen LogP) is 0.535. The van der Waals surface area contributed by atoms with Crippen molar-refractivity contribution in [1.82, 2.24) is 9.97 Å². The van der Waals surface area contributed by atoms with Gasteiger partial charge in [0.2, 0.25) is 11.9 Å². The number of carbonyl (C=O) groups is 1. The number of amides is 1. The van der Waals surface area contributed by atoms with Crippen LogP contribution in [0.25, 0.3) is 0 Å². The van der Waals surface area contributed by atoms with Crippen molar-refractivity contribution in [3.05, 3.63) is 22.5 Å². The molecule has 1 amide bonds. The highest BCUT2D eigenvalue weighted by Crippen LogP contribution is 2.32. The molecule has 0 atom stereocenters. The molecule has 0 unspecified atom stereocenters. The molecule has 2 rings (SSSR count). The van der Waals surface area contributed by atoms with Gasteiger partial charge in [-0.25, -0.2) is 4.98 Å². The van der Waals surface area contributed by atoms with Crippen LogP contribution in [0.5, 0.6) is 0 Å². The Labute approximate surface area is 121 Å². The maximum absolute atomic E-state index is 12.0. The fourth-order valence-corrected chi connectivity index (χ4v) is 2.16. The van der Waals surface area contributed by atoms with Gasteiger partial charge in [0.1, 0.15) is 11.0 Å². The van der Waals surface area contributed by atoms with Crippen molar-refractivity contribution in [2.24, 2.45) is 10.7 Å². The molecule has 1 aliphatic heterocycles. The van der Waals surface area contributed by atoms with E-state index in [0.717, 1.165) is 5.71 Å². The highest BCUT2D eigenvalue weighted by molar-refractivity contribution is 6.31. The molecule has 106 valence electrons. The third-order valence-electron chi connectivity index (χ3n) is 2.92. The van der Waals surface area contributed by atoms with E-state index in [4.69, 9.17) is 23.1 Å². The lowest BCUT2D eigenvalue weighted by Crippen LogP contribution is -2.31. The lowest BCUT2D eigenvalue weighted by Gasteiger charge is -2.16. The summed E-state index contributed by atoms with van der Waals surface area (Å²) in [5.74, 6) is 0.321. The highest BCUT2D eigenvalue weighted by Gasteiger charge is 2.32. The van der Waals surface area contributed by atoms with Crippen LogP contribution in [-0.2, 0) is 11.2 Å². The van der Waals surface area contributed by atoms with Gasteiger partial charge in [0.25, 0.3) is 0 Å². The standard InChI is InChI=1S/C12H15ClN6O/c1-6(16-2)3-7(14)5-19-9(20)4-8-10(13)17-12(15)18-11(8)19/h3H,4-5,14H2,1-2H3,(H2,15,17,18)/b7-3-,16-6?. The Morgan fingerprint density at radius 1 is 1.55 bits per heavy atom. The van der Waals surface area contributed by atoms with Crippen LogP contribution in [0.2, 0.25) is 5.15 Å². The number of hydrogen-bond donors (Lipinski definition) is 2. The van der Waals surface area contributed by atoms with Crippen molar-refractivity contribution in [1.29, 1.82) is 0 Å². The van der Waals surface area contributed by atoms with E-state index < -0.39 is 0 Å². The number of aromatic nitrogens is 2. The zero-order chi connectivity index (χ0) is 14.9. The molecule has 0 saturated heterocycles. The first-order valence-corrected chi connectivity index (χ1v) is 6.32. The molecule has 4 N–H and O–H groups in total. The molecule has 0 spiro atoms. The maximum Gasteiger partial charge on any atom is 0.233 e. The van der Waals surface area contributed by atoms with E-state index in [1.165, 1.54) is 4.90 Å². The largest absolute Gasteiger partial charge is 0.401 e. The van der Waals surface area contributed by atoms with Gasteiger partial charge in [-0.05, 0) is 13.0 Å². The summed E-state index contributed by atoms with van der Waals surface area (Å²) in [5, 5.41) is 0.206. The van der Waals surface area contributed by atoms with Gasteiger partial charge in [0, 0.05) is 24.0 Å². The van der Waals surface area contributed by atoms with Crippen molar-refractivity contribution in [2.75, 3.05) is 24.2 Å². The van der Waals surface area contributed by atoms with Crippen molar-refractivity contribution < 1.29 is 4.79 Å². The Morgan fingerprint density at radius 2 is 2.25 bits per heavy atom. The van der Waals surface area contributed by atoms with Gasteiger partial charge in [-0.15, -0.1) is 0 Å². The van der Waals surface area contributed by atoms with Crippen molar-refractivity contribution in [2.45, 2.75) is 13.3 Å². The molecule has 7 nitrogen and oxygen atoms in total. The molecule has 2 heterocycles. The molecule has 0 aromatic carbocycles. The second-order valence-corrected chi connectivity index (χ2v) is 4.77. The Balaban J connectivity index is 2.32. The SMILES string of the molecule is CN=C(C)/C=C(\N)CN1C(=O)Cc2c(Cl)nc(N)nc21. The smallest absolute Gasteiger partial charge is 0.233 e. The van der Waals surface area contributed by atoms with Gasteiger partial charge in [0.15, 0.2) is 0 Å². The minimum Gasteiger partial charge on any atom is -0.401 e. The van der Waals surface area contributed by atoms with E-state index in [1.807, 2.05) is 6.92 Å². The zero-order valence-electron chi connectivity index (χ0n) is 11.2. The fraction of sp³-hybridized carbons (Fsp3) is 0.333. The number of hydrogen-bond acceptors (Lipinski definition) is 6. The average molecular weight is 295 g/mol. The summed E-state index contributed by atoms with van der Waals surface area (Å²) in [6.07, 6.45) is 1.86. The molecule has 20 heavy (non-hydrogen) atoms. The molecule has 1 aromatic heterocycles. The predicted molar refractivity (Wildman–Crippen MR) is 78.8 cm³/mol.